The quantitative estimate of drug-likeness (QED) is 0.694. The van der Waals surface area contributed by atoms with Crippen LogP contribution in [0.2, 0.25) is 0 Å². The maximum absolute atomic E-state index is 8.66. The summed E-state index contributed by atoms with van der Waals surface area (Å²) in [6.07, 6.45) is 3.99. The second-order valence-corrected chi connectivity index (χ2v) is 4.23. The van der Waals surface area contributed by atoms with Gasteiger partial charge in [0.1, 0.15) is 0 Å². The fraction of sp³-hybridized carbons (Fsp3) is 0.900. The van der Waals surface area contributed by atoms with Gasteiger partial charge in [0.2, 0.25) is 0 Å². The van der Waals surface area contributed by atoms with Crippen molar-refractivity contribution in [1.29, 1.82) is 5.26 Å². The predicted octanol–water partition coefficient (Wildman–Crippen LogP) is 0.725. The molecule has 0 radical (unpaired) electrons. The number of hydrogen-bond donors (Lipinski definition) is 1. The zero-order valence-electron chi connectivity index (χ0n) is 8.16. The summed E-state index contributed by atoms with van der Waals surface area (Å²) in [5.74, 6) is 0. The molecule has 0 aromatic rings. The Balaban J connectivity index is 1.74. The third-order valence-electron chi connectivity index (χ3n) is 2.96. The van der Waals surface area contributed by atoms with E-state index in [1.807, 2.05) is 6.92 Å². The highest BCUT2D eigenvalue weighted by Crippen LogP contribution is 2.29. The Labute approximate surface area is 79.7 Å². The third-order valence-corrected chi connectivity index (χ3v) is 2.96. The number of rotatable bonds is 3. The highest BCUT2D eigenvalue weighted by atomic mass is 15.2. The van der Waals surface area contributed by atoms with Crippen molar-refractivity contribution in [3.05, 3.63) is 0 Å². The number of likely N-dealkylation sites (tertiary alicyclic amines) is 1. The Morgan fingerprint density at radius 1 is 1.46 bits per heavy atom. The number of nitrogens with zero attached hydrogens (tertiary/aromatic N) is 2. The molecule has 1 aliphatic carbocycles. The second-order valence-electron chi connectivity index (χ2n) is 4.23. The van der Waals surface area contributed by atoms with Crippen molar-refractivity contribution in [2.24, 2.45) is 0 Å². The van der Waals surface area contributed by atoms with Crippen molar-refractivity contribution in [3.63, 3.8) is 0 Å². The van der Waals surface area contributed by atoms with Crippen LogP contribution in [0.4, 0.5) is 0 Å². The van der Waals surface area contributed by atoms with Gasteiger partial charge in [-0.15, -0.1) is 0 Å². The van der Waals surface area contributed by atoms with Crippen LogP contribution in [-0.4, -0.2) is 36.1 Å². The zero-order valence-corrected chi connectivity index (χ0v) is 8.16. The number of nitriles is 1. The first-order valence-electron chi connectivity index (χ1n) is 5.19. The molecule has 1 aliphatic heterocycles. The van der Waals surface area contributed by atoms with E-state index >= 15 is 0 Å². The molecule has 0 aromatic heterocycles. The van der Waals surface area contributed by atoms with Crippen molar-refractivity contribution in [1.82, 2.24) is 10.2 Å². The van der Waals surface area contributed by atoms with Crippen LogP contribution < -0.4 is 5.32 Å². The van der Waals surface area contributed by atoms with Crippen molar-refractivity contribution in [2.45, 2.75) is 44.3 Å². The maximum atomic E-state index is 8.66. The van der Waals surface area contributed by atoms with E-state index in [9.17, 15) is 0 Å². The predicted molar refractivity (Wildman–Crippen MR) is 51.2 cm³/mol. The van der Waals surface area contributed by atoms with Crippen LogP contribution in [0.3, 0.4) is 0 Å². The van der Waals surface area contributed by atoms with Crippen LogP contribution >= 0.6 is 0 Å². The fourth-order valence-electron chi connectivity index (χ4n) is 2.09. The molecule has 1 saturated carbocycles. The summed E-state index contributed by atoms with van der Waals surface area (Å²) >= 11 is 0. The standard InChI is InChI=1S/C10H17N3/c1-8(6-11)12-9-4-5-13(7-9)10-2-3-10/h8-10,12H,2-5,7H2,1H3. The Hall–Kier alpha value is -0.590. The molecule has 0 aromatic carbocycles. The number of hydrogen-bond acceptors (Lipinski definition) is 3. The van der Waals surface area contributed by atoms with E-state index in [4.69, 9.17) is 5.26 Å². The molecule has 2 rings (SSSR count). The van der Waals surface area contributed by atoms with Gasteiger partial charge in [0.05, 0.1) is 12.1 Å². The van der Waals surface area contributed by atoms with Crippen molar-refractivity contribution >= 4 is 0 Å². The Bertz CT molecular complexity index is 217. The van der Waals surface area contributed by atoms with Crippen molar-refractivity contribution in [2.75, 3.05) is 13.1 Å². The van der Waals surface area contributed by atoms with E-state index < -0.39 is 0 Å². The monoisotopic (exact) mass is 179 g/mol. The normalized spacial score (nSPS) is 31.5. The molecule has 0 bridgehead atoms. The van der Waals surface area contributed by atoms with E-state index in [-0.39, 0.29) is 6.04 Å². The molecule has 3 heteroatoms. The van der Waals surface area contributed by atoms with Gasteiger partial charge in [-0.3, -0.25) is 10.2 Å². The van der Waals surface area contributed by atoms with Gasteiger partial charge in [-0.25, -0.2) is 0 Å². The molecule has 1 heterocycles. The molecule has 72 valence electrons. The second kappa shape index (κ2) is 3.65. The molecule has 2 aliphatic rings. The summed E-state index contributed by atoms with van der Waals surface area (Å²) in [5.41, 5.74) is 0. The van der Waals surface area contributed by atoms with E-state index in [0.717, 1.165) is 12.6 Å². The Morgan fingerprint density at radius 2 is 2.23 bits per heavy atom. The summed E-state index contributed by atoms with van der Waals surface area (Å²) in [6.45, 7) is 4.30. The molecule has 1 N–H and O–H groups in total. The van der Waals surface area contributed by atoms with Gasteiger partial charge in [0, 0.05) is 25.2 Å². The first-order valence-corrected chi connectivity index (χ1v) is 5.19. The molecule has 2 unspecified atom stereocenters. The van der Waals surface area contributed by atoms with Gasteiger partial charge >= 0.3 is 0 Å². The summed E-state index contributed by atoms with van der Waals surface area (Å²) in [7, 11) is 0. The first-order chi connectivity index (χ1) is 6.29. The molecule has 1 saturated heterocycles. The summed E-state index contributed by atoms with van der Waals surface area (Å²) < 4.78 is 0. The smallest absolute Gasteiger partial charge is 0.0927 e. The molecular weight excluding hydrogens is 162 g/mol. The van der Waals surface area contributed by atoms with Gasteiger partial charge < -0.3 is 0 Å². The minimum Gasteiger partial charge on any atom is -0.299 e. The third kappa shape index (κ3) is 2.20. The minimum absolute atomic E-state index is 0.00385. The summed E-state index contributed by atoms with van der Waals surface area (Å²) in [4.78, 5) is 2.56. The lowest BCUT2D eigenvalue weighted by Gasteiger charge is -2.16. The van der Waals surface area contributed by atoms with E-state index in [1.165, 1.54) is 25.8 Å². The molecule has 3 nitrogen and oxygen atoms in total. The molecule has 0 amide bonds. The molecule has 2 fully saturated rings. The lowest BCUT2D eigenvalue weighted by molar-refractivity contribution is 0.316. The zero-order chi connectivity index (χ0) is 9.26. The van der Waals surface area contributed by atoms with Gasteiger partial charge in [0.25, 0.3) is 0 Å². The highest BCUT2D eigenvalue weighted by molar-refractivity contribution is 4.95. The van der Waals surface area contributed by atoms with Crippen LogP contribution in [0, 0.1) is 11.3 Å². The molecule has 0 spiro atoms. The van der Waals surface area contributed by atoms with Crippen LogP contribution in [0.5, 0.6) is 0 Å². The molecule has 13 heavy (non-hydrogen) atoms. The Kier molecular flexibility index (Phi) is 2.52. The largest absolute Gasteiger partial charge is 0.299 e. The van der Waals surface area contributed by atoms with Crippen LogP contribution in [0.25, 0.3) is 0 Å². The van der Waals surface area contributed by atoms with Crippen LogP contribution in [0.1, 0.15) is 26.2 Å². The van der Waals surface area contributed by atoms with Gasteiger partial charge in [-0.05, 0) is 26.2 Å². The topological polar surface area (TPSA) is 39.1 Å². The lowest BCUT2D eigenvalue weighted by atomic mass is 10.2. The average molecular weight is 179 g/mol. The summed E-state index contributed by atoms with van der Waals surface area (Å²) in [6, 6.07) is 3.66. The minimum atomic E-state index is 0.00385. The van der Waals surface area contributed by atoms with E-state index in [0.29, 0.717) is 6.04 Å². The van der Waals surface area contributed by atoms with E-state index in [1.54, 1.807) is 0 Å². The van der Waals surface area contributed by atoms with Crippen LogP contribution in [0.15, 0.2) is 0 Å². The fourth-order valence-corrected chi connectivity index (χ4v) is 2.09. The van der Waals surface area contributed by atoms with E-state index in [2.05, 4.69) is 16.3 Å². The van der Waals surface area contributed by atoms with Gasteiger partial charge in [-0.2, -0.15) is 5.26 Å². The SMILES string of the molecule is CC(C#N)NC1CCN(C2CC2)C1. The van der Waals surface area contributed by atoms with Crippen LogP contribution in [-0.2, 0) is 0 Å². The Morgan fingerprint density at radius 3 is 2.85 bits per heavy atom. The lowest BCUT2D eigenvalue weighted by Crippen LogP contribution is -2.38. The molecule has 2 atom stereocenters. The maximum Gasteiger partial charge on any atom is 0.0927 e. The summed E-state index contributed by atoms with van der Waals surface area (Å²) in [5, 5.41) is 12.0. The van der Waals surface area contributed by atoms with Gasteiger partial charge in [0.15, 0.2) is 0 Å². The first kappa shape index (κ1) is 8.98. The van der Waals surface area contributed by atoms with Crippen molar-refractivity contribution < 1.29 is 0 Å². The number of nitrogens with one attached hydrogen (secondary N) is 1. The highest BCUT2D eigenvalue weighted by Gasteiger charge is 2.34. The van der Waals surface area contributed by atoms with Crippen molar-refractivity contribution in [3.8, 4) is 6.07 Å². The average Bonchev–Trinajstić information content (AvgIpc) is 2.88. The molecular formula is C10H17N3. The van der Waals surface area contributed by atoms with Gasteiger partial charge in [-0.1, -0.05) is 0 Å².